The number of piperidine rings is 1. The second-order valence-electron chi connectivity index (χ2n) is 7.24. The fraction of sp³-hybridized carbons (Fsp3) is 0.632. The number of carbonyl (C=O) groups excluding carboxylic acids is 1. The molecule has 134 valence electrons. The molecule has 0 radical (unpaired) electrons. The molecule has 3 rings (SSSR count). The Kier molecular flexibility index (Phi) is 5.54. The summed E-state index contributed by atoms with van der Waals surface area (Å²) in [6.45, 7) is 7.31. The second kappa shape index (κ2) is 7.83. The molecule has 6 nitrogen and oxygen atoms in total. The van der Waals surface area contributed by atoms with E-state index in [9.17, 15) is 10.1 Å². The van der Waals surface area contributed by atoms with Crippen LogP contribution in [0, 0.1) is 31.1 Å². The van der Waals surface area contributed by atoms with E-state index >= 15 is 0 Å². The summed E-state index contributed by atoms with van der Waals surface area (Å²) in [6.07, 6.45) is 4.16. The Morgan fingerprint density at radius 2 is 2.28 bits per heavy atom. The molecule has 2 unspecified atom stereocenters. The minimum Gasteiger partial charge on any atom is -0.355 e. The first-order valence-corrected chi connectivity index (χ1v) is 9.23. The van der Waals surface area contributed by atoms with E-state index in [-0.39, 0.29) is 11.9 Å². The van der Waals surface area contributed by atoms with Gasteiger partial charge in [-0.1, -0.05) is 0 Å². The number of aromatic nitrogens is 1. The Bertz CT molecular complexity index is 675. The van der Waals surface area contributed by atoms with Gasteiger partial charge >= 0.3 is 0 Å². The molecule has 0 aliphatic carbocycles. The van der Waals surface area contributed by atoms with Gasteiger partial charge in [0.2, 0.25) is 5.91 Å². The van der Waals surface area contributed by atoms with Gasteiger partial charge in [0, 0.05) is 25.3 Å². The Labute approximate surface area is 149 Å². The number of amides is 1. The van der Waals surface area contributed by atoms with Crippen LogP contribution in [0.4, 0.5) is 5.82 Å². The van der Waals surface area contributed by atoms with Gasteiger partial charge in [0.05, 0.1) is 11.6 Å². The first-order chi connectivity index (χ1) is 12.1. The molecule has 1 aromatic heterocycles. The Morgan fingerprint density at radius 1 is 1.44 bits per heavy atom. The van der Waals surface area contributed by atoms with Crippen molar-refractivity contribution in [3.63, 3.8) is 0 Å². The van der Waals surface area contributed by atoms with Gasteiger partial charge in [-0.2, -0.15) is 5.26 Å². The fourth-order valence-electron chi connectivity index (χ4n) is 3.88. The van der Waals surface area contributed by atoms with Crippen molar-refractivity contribution in [2.24, 2.45) is 5.92 Å². The average Bonchev–Trinajstić information content (AvgIpc) is 3.14. The zero-order chi connectivity index (χ0) is 17.8. The van der Waals surface area contributed by atoms with Gasteiger partial charge in [-0.25, -0.2) is 4.98 Å². The molecule has 1 aromatic rings. The van der Waals surface area contributed by atoms with E-state index in [1.54, 1.807) is 0 Å². The number of pyridine rings is 1. The topological polar surface area (TPSA) is 81.0 Å². The number of carbonyl (C=O) groups is 1. The summed E-state index contributed by atoms with van der Waals surface area (Å²) in [6, 6.07) is 4.24. The minimum absolute atomic E-state index is 0.0222. The molecular weight excluding hydrogens is 314 g/mol. The van der Waals surface area contributed by atoms with E-state index < -0.39 is 0 Å². The van der Waals surface area contributed by atoms with Crippen LogP contribution in [-0.2, 0) is 4.79 Å². The zero-order valence-electron chi connectivity index (χ0n) is 15.1. The van der Waals surface area contributed by atoms with Gasteiger partial charge in [0.1, 0.15) is 11.9 Å². The van der Waals surface area contributed by atoms with Gasteiger partial charge in [0.15, 0.2) is 0 Å². The number of nitrogens with zero attached hydrogens (tertiary/aromatic N) is 3. The lowest BCUT2D eigenvalue weighted by Gasteiger charge is -2.34. The standard InChI is InChI=1S/C19H27N5O/c1-13-9-14(2)23-18(16(13)10-20)24-8-4-5-15(12-24)11-22-19(25)17-6-3-7-21-17/h9,15,17,21H,3-8,11-12H2,1-2H3,(H,22,25). The number of hydrogen-bond acceptors (Lipinski definition) is 5. The third kappa shape index (κ3) is 4.10. The molecule has 3 heterocycles. The van der Waals surface area contributed by atoms with Crippen molar-refractivity contribution >= 4 is 11.7 Å². The largest absolute Gasteiger partial charge is 0.355 e. The van der Waals surface area contributed by atoms with Crippen molar-refractivity contribution in [1.82, 2.24) is 15.6 Å². The molecule has 0 aromatic carbocycles. The molecule has 2 fully saturated rings. The highest BCUT2D eigenvalue weighted by Gasteiger charge is 2.26. The number of hydrogen-bond donors (Lipinski definition) is 2. The van der Waals surface area contributed by atoms with E-state index in [0.717, 1.165) is 62.4 Å². The lowest BCUT2D eigenvalue weighted by atomic mass is 9.97. The smallest absolute Gasteiger partial charge is 0.237 e. The molecule has 2 saturated heterocycles. The molecule has 2 N–H and O–H groups in total. The van der Waals surface area contributed by atoms with Gasteiger partial charge in [-0.15, -0.1) is 0 Å². The van der Waals surface area contributed by atoms with Gasteiger partial charge in [-0.05, 0) is 63.6 Å². The number of nitriles is 1. The number of nitrogens with one attached hydrogen (secondary N) is 2. The highest BCUT2D eigenvalue weighted by atomic mass is 16.2. The highest BCUT2D eigenvalue weighted by Crippen LogP contribution is 2.26. The van der Waals surface area contributed by atoms with Gasteiger partial charge < -0.3 is 15.5 Å². The predicted molar refractivity (Wildman–Crippen MR) is 97.4 cm³/mol. The molecule has 6 heteroatoms. The van der Waals surface area contributed by atoms with E-state index in [2.05, 4.69) is 26.6 Å². The molecule has 0 spiro atoms. The maximum Gasteiger partial charge on any atom is 0.237 e. The monoisotopic (exact) mass is 341 g/mol. The van der Waals surface area contributed by atoms with Crippen molar-refractivity contribution in [1.29, 1.82) is 5.26 Å². The summed E-state index contributed by atoms with van der Waals surface area (Å²) >= 11 is 0. The van der Waals surface area contributed by atoms with E-state index in [4.69, 9.17) is 0 Å². The lowest BCUT2D eigenvalue weighted by molar-refractivity contribution is -0.122. The van der Waals surface area contributed by atoms with E-state index in [0.29, 0.717) is 18.0 Å². The van der Waals surface area contributed by atoms with Crippen molar-refractivity contribution in [3.05, 3.63) is 22.9 Å². The summed E-state index contributed by atoms with van der Waals surface area (Å²) < 4.78 is 0. The minimum atomic E-state index is -0.0222. The third-order valence-corrected chi connectivity index (χ3v) is 5.20. The van der Waals surface area contributed by atoms with Crippen molar-refractivity contribution in [3.8, 4) is 6.07 Å². The van der Waals surface area contributed by atoms with Crippen LogP contribution in [0.3, 0.4) is 0 Å². The highest BCUT2D eigenvalue weighted by molar-refractivity contribution is 5.82. The van der Waals surface area contributed by atoms with Crippen LogP contribution in [0.2, 0.25) is 0 Å². The van der Waals surface area contributed by atoms with E-state index in [1.165, 1.54) is 0 Å². The predicted octanol–water partition coefficient (Wildman–Crippen LogP) is 1.65. The average molecular weight is 341 g/mol. The summed E-state index contributed by atoms with van der Waals surface area (Å²) in [5.74, 6) is 1.32. The first kappa shape index (κ1) is 17.7. The molecule has 0 bridgehead atoms. The quantitative estimate of drug-likeness (QED) is 0.870. The molecule has 25 heavy (non-hydrogen) atoms. The van der Waals surface area contributed by atoms with Crippen LogP contribution in [0.1, 0.15) is 42.5 Å². The second-order valence-corrected chi connectivity index (χ2v) is 7.24. The summed E-state index contributed by atoms with van der Waals surface area (Å²) in [5.41, 5.74) is 2.59. The molecule has 2 aliphatic rings. The first-order valence-electron chi connectivity index (χ1n) is 9.23. The maximum absolute atomic E-state index is 12.2. The van der Waals surface area contributed by atoms with Crippen LogP contribution in [0.15, 0.2) is 6.07 Å². The van der Waals surface area contributed by atoms with Crippen molar-refractivity contribution in [2.45, 2.75) is 45.6 Å². The van der Waals surface area contributed by atoms with Crippen LogP contribution < -0.4 is 15.5 Å². The maximum atomic E-state index is 12.2. The summed E-state index contributed by atoms with van der Waals surface area (Å²) in [7, 11) is 0. The molecule has 2 atom stereocenters. The van der Waals surface area contributed by atoms with Crippen molar-refractivity contribution in [2.75, 3.05) is 31.1 Å². The summed E-state index contributed by atoms with van der Waals surface area (Å²) in [5, 5.41) is 15.8. The van der Waals surface area contributed by atoms with Crippen LogP contribution in [-0.4, -0.2) is 43.1 Å². The zero-order valence-corrected chi connectivity index (χ0v) is 15.1. The molecule has 0 saturated carbocycles. The molecule has 2 aliphatic heterocycles. The Balaban J connectivity index is 1.63. The summed E-state index contributed by atoms with van der Waals surface area (Å²) in [4.78, 5) is 19.0. The number of aryl methyl sites for hydroxylation is 2. The van der Waals surface area contributed by atoms with Crippen molar-refractivity contribution < 1.29 is 4.79 Å². The Hall–Kier alpha value is -2.13. The molecule has 1 amide bonds. The fourth-order valence-corrected chi connectivity index (χ4v) is 3.88. The van der Waals surface area contributed by atoms with Crippen LogP contribution in [0.5, 0.6) is 0 Å². The lowest BCUT2D eigenvalue weighted by Crippen LogP contribution is -2.45. The third-order valence-electron chi connectivity index (χ3n) is 5.20. The Morgan fingerprint density at radius 3 is 3.00 bits per heavy atom. The molecular formula is C19H27N5O. The number of rotatable bonds is 4. The van der Waals surface area contributed by atoms with Gasteiger partial charge in [0.25, 0.3) is 0 Å². The van der Waals surface area contributed by atoms with Crippen LogP contribution in [0.25, 0.3) is 0 Å². The van der Waals surface area contributed by atoms with Crippen LogP contribution >= 0.6 is 0 Å². The van der Waals surface area contributed by atoms with E-state index in [1.807, 2.05) is 19.9 Å². The normalized spacial score (nSPS) is 23.3. The van der Waals surface area contributed by atoms with Gasteiger partial charge in [-0.3, -0.25) is 4.79 Å². The SMILES string of the molecule is Cc1cc(C)c(C#N)c(N2CCCC(CNC(=O)C3CCCN3)C2)n1. The number of anilines is 1.